The summed E-state index contributed by atoms with van der Waals surface area (Å²) in [5, 5.41) is 6.29. The van der Waals surface area contributed by atoms with Crippen molar-refractivity contribution in [3.8, 4) is 44.5 Å². The fourth-order valence-electron chi connectivity index (χ4n) is 8.05. The van der Waals surface area contributed by atoms with Gasteiger partial charge in [-0.05, 0) is 73.3 Å². The van der Waals surface area contributed by atoms with Gasteiger partial charge in [-0.3, -0.25) is 0 Å². The number of nitrogens with two attached hydrogens (primary N) is 1. The van der Waals surface area contributed by atoms with Crippen LogP contribution in [0.2, 0.25) is 0 Å². The van der Waals surface area contributed by atoms with E-state index in [4.69, 9.17) is 10.7 Å². The zero-order valence-corrected chi connectivity index (χ0v) is 30.8. The summed E-state index contributed by atoms with van der Waals surface area (Å²) < 4.78 is 0. The summed E-state index contributed by atoms with van der Waals surface area (Å²) in [6.07, 6.45) is 0.803. The van der Waals surface area contributed by atoms with Crippen LogP contribution in [0.4, 0.5) is 0 Å². The van der Waals surface area contributed by atoms with Crippen molar-refractivity contribution in [2.75, 3.05) is 0 Å². The van der Waals surface area contributed by atoms with Crippen molar-refractivity contribution in [3.63, 3.8) is 0 Å². The molecule has 0 saturated heterocycles. The number of nitrogens with zero attached hydrogens (tertiary/aromatic N) is 1. The van der Waals surface area contributed by atoms with Gasteiger partial charge >= 0.3 is 0 Å². The van der Waals surface area contributed by atoms with Crippen LogP contribution in [-0.2, 0) is 5.66 Å². The maximum absolute atomic E-state index is 6.83. The SMILES string of the molecule is CCC1=C(c2cccc(-c3ccccc3)c2)NC1(/N=C(\N)c1ccccc1)c1ccc(-c2c(-c3ccc(-c4ccccc4)cc3)ccc3ccccc23)cc1. The van der Waals surface area contributed by atoms with Gasteiger partial charge in [0.2, 0.25) is 0 Å². The molecule has 1 atom stereocenters. The predicted molar refractivity (Wildman–Crippen MR) is 231 cm³/mol. The highest BCUT2D eigenvalue weighted by atomic mass is 15.2. The third-order valence-electron chi connectivity index (χ3n) is 10.8. The lowest BCUT2D eigenvalue weighted by Gasteiger charge is -2.46. The van der Waals surface area contributed by atoms with E-state index in [1.165, 1.54) is 55.3 Å². The first kappa shape index (κ1) is 33.8. The molecule has 0 amide bonds. The van der Waals surface area contributed by atoms with Gasteiger partial charge in [0.25, 0.3) is 0 Å². The molecule has 8 aromatic carbocycles. The van der Waals surface area contributed by atoms with Crippen LogP contribution in [0.25, 0.3) is 61.0 Å². The van der Waals surface area contributed by atoms with Gasteiger partial charge in [-0.2, -0.15) is 0 Å². The van der Waals surface area contributed by atoms with Crippen LogP contribution in [0, 0.1) is 0 Å². The van der Waals surface area contributed by atoms with Crippen LogP contribution in [-0.4, -0.2) is 5.84 Å². The van der Waals surface area contributed by atoms with E-state index in [2.05, 4.69) is 182 Å². The van der Waals surface area contributed by atoms with Gasteiger partial charge in [0.15, 0.2) is 5.66 Å². The summed E-state index contributed by atoms with van der Waals surface area (Å²) in [4.78, 5) is 5.34. The van der Waals surface area contributed by atoms with E-state index in [0.717, 1.165) is 34.4 Å². The van der Waals surface area contributed by atoms with Gasteiger partial charge in [0.05, 0.1) is 0 Å². The lowest BCUT2D eigenvalue weighted by Crippen LogP contribution is -2.52. The van der Waals surface area contributed by atoms with Gasteiger partial charge in [-0.25, -0.2) is 4.99 Å². The van der Waals surface area contributed by atoms with Crippen LogP contribution in [0.3, 0.4) is 0 Å². The summed E-state index contributed by atoms with van der Waals surface area (Å²) in [7, 11) is 0. The second kappa shape index (κ2) is 14.5. The van der Waals surface area contributed by atoms with E-state index in [0.29, 0.717) is 5.84 Å². The predicted octanol–water partition coefficient (Wildman–Crippen LogP) is 12.5. The Labute approximate surface area is 323 Å². The second-order valence-corrected chi connectivity index (χ2v) is 14.1. The molecule has 1 heterocycles. The Morgan fingerprint density at radius 3 is 1.75 bits per heavy atom. The van der Waals surface area contributed by atoms with Crippen molar-refractivity contribution >= 4 is 22.3 Å². The Balaban J connectivity index is 1.15. The highest BCUT2D eigenvalue weighted by molar-refractivity contribution is 6.04. The molecule has 0 aliphatic carbocycles. The van der Waals surface area contributed by atoms with Gasteiger partial charge in [-0.1, -0.05) is 201 Å². The highest BCUT2D eigenvalue weighted by Gasteiger charge is 2.46. The van der Waals surface area contributed by atoms with Crippen molar-refractivity contribution in [2.45, 2.75) is 19.0 Å². The largest absolute Gasteiger partial charge is 0.383 e. The normalized spacial score (nSPS) is 15.4. The maximum atomic E-state index is 6.83. The quantitative estimate of drug-likeness (QED) is 0.116. The molecule has 0 spiro atoms. The molecule has 3 N–H and O–H groups in total. The van der Waals surface area contributed by atoms with Gasteiger partial charge in [0, 0.05) is 22.4 Å². The van der Waals surface area contributed by atoms with Crippen LogP contribution in [0.1, 0.15) is 30.0 Å². The van der Waals surface area contributed by atoms with Gasteiger partial charge in [0.1, 0.15) is 5.84 Å². The summed E-state index contributed by atoms with van der Waals surface area (Å²) in [5.41, 5.74) is 20.9. The molecular formula is C52H41N3. The molecule has 0 fully saturated rings. The zero-order valence-electron chi connectivity index (χ0n) is 30.8. The number of rotatable bonds is 9. The Hall–Kier alpha value is -6.97. The average Bonchev–Trinajstić information content (AvgIpc) is 3.26. The van der Waals surface area contributed by atoms with E-state index >= 15 is 0 Å². The first-order valence-corrected chi connectivity index (χ1v) is 19.0. The average molecular weight is 708 g/mol. The standard InChI is InChI=1S/C52H41N3/c1-2-48-50(44-23-14-22-43(35-44)37-17-8-4-9-18-37)54-52(48,55-51(53)42-20-10-5-11-21-42)45-32-29-41(30-33-45)49-46-24-13-12-19-39(46)31-34-47(49)40-27-25-38(26-28-40)36-15-6-3-7-16-36/h3-35,54H,2H2,1H3,(H2,53,55). The molecule has 3 nitrogen and oxygen atoms in total. The Kier molecular flexibility index (Phi) is 8.89. The lowest BCUT2D eigenvalue weighted by molar-refractivity contribution is 0.418. The Morgan fingerprint density at radius 2 is 1.05 bits per heavy atom. The van der Waals surface area contributed by atoms with E-state index < -0.39 is 5.66 Å². The molecule has 264 valence electrons. The summed E-state index contributed by atoms with van der Waals surface area (Å²) in [5.74, 6) is 0.496. The third kappa shape index (κ3) is 6.30. The molecule has 55 heavy (non-hydrogen) atoms. The smallest absolute Gasteiger partial charge is 0.182 e. The van der Waals surface area contributed by atoms with E-state index in [1.807, 2.05) is 30.3 Å². The fraction of sp³-hybridized carbons (Fsp3) is 0.0577. The third-order valence-corrected chi connectivity index (χ3v) is 10.8. The number of hydrogen-bond acceptors (Lipinski definition) is 2. The zero-order chi connectivity index (χ0) is 37.2. The second-order valence-electron chi connectivity index (χ2n) is 14.1. The van der Waals surface area contributed by atoms with Crippen LogP contribution < -0.4 is 11.1 Å². The van der Waals surface area contributed by atoms with E-state index in [9.17, 15) is 0 Å². The molecule has 3 heteroatoms. The molecule has 9 rings (SSSR count). The number of amidine groups is 1. The number of benzene rings is 8. The molecule has 8 aromatic rings. The Morgan fingerprint density at radius 1 is 0.509 bits per heavy atom. The molecule has 0 saturated carbocycles. The molecular weight excluding hydrogens is 667 g/mol. The minimum Gasteiger partial charge on any atom is -0.383 e. The van der Waals surface area contributed by atoms with Crippen molar-refractivity contribution in [1.82, 2.24) is 5.32 Å². The number of hydrogen-bond donors (Lipinski definition) is 2. The minimum absolute atomic E-state index is 0.496. The van der Waals surface area contributed by atoms with Gasteiger partial charge < -0.3 is 11.1 Å². The number of fused-ring (bicyclic) bond motifs is 1. The lowest BCUT2D eigenvalue weighted by atomic mass is 9.78. The topological polar surface area (TPSA) is 50.4 Å². The Bertz CT molecular complexity index is 2680. The van der Waals surface area contributed by atoms with Crippen LogP contribution in [0.5, 0.6) is 0 Å². The molecule has 0 bridgehead atoms. The molecule has 0 aromatic heterocycles. The summed E-state index contributed by atoms with van der Waals surface area (Å²) in [6.45, 7) is 2.21. The van der Waals surface area contributed by atoms with Crippen LogP contribution >= 0.6 is 0 Å². The van der Waals surface area contributed by atoms with E-state index in [1.54, 1.807) is 0 Å². The van der Waals surface area contributed by atoms with Crippen molar-refractivity contribution in [3.05, 3.63) is 222 Å². The minimum atomic E-state index is -0.819. The molecule has 0 radical (unpaired) electrons. The summed E-state index contributed by atoms with van der Waals surface area (Å²) in [6, 6.07) is 70.9. The maximum Gasteiger partial charge on any atom is 0.182 e. The summed E-state index contributed by atoms with van der Waals surface area (Å²) >= 11 is 0. The van der Waals surface area contributed by atoms with Crippen molar-refractivity contribution in [2.24, 2.45) is 10.7 Å². The fourth-order valence-corrected chi connectivity index (χ4v) is 8.05. The molecule has 1 aliphatic heterocycles. The molecule has 1 unspecified atom stereocenters. The van der Waals surface area contributed by atoms with Crippen LogP contribution in [0.15, 0.2) is 211 Å². The highest BCUT2D eigenvalue weighted by Crippen LogP contribution is 2.48. The molecule has 1 aliphatic rings. The first-order chi connectivity index (χ1) is 27.1. The van der Waals surface area contributed by atoms with Crippen molar-refractivity contribution < 1.29 is 0 Å². The van der Waals surface area contributed by atoms with Crippen molar-refractivity contribution in [1.29, 1.82) is 0 Å². The van der Waals surface area contributed by atoms with E-state index in [-0.39, 0.29) is 0 Å². The number of nitrogens with one attached hydrogen (secondary N) is 1. The van der Waals surface area contributed by atoms with Gasteiger partial charge in [-0.15, -0.1) is 0 Å². The monoisotopic (exact) mass is 707 g/mol. The number of aliphatic imine (C=N–C) groups is 1. The first-order valence-electron chi connectivity index (χ1n) is 19.0.